The van der Waals surface area contributed by atoms with Crippen LogP contribution in [0.3, 0.4) is 0 Å². The minimum atomic E-state index is -3.96. The highest BCUT2D eigenvalue weighted by molar-refractivity contribution is 7.92. The summed E-state index contributed by atoms with van der Waals surface area (Å²) in [7, 11) is -3.96. The Balaban J connectivity index is 1.72. The Hall–Kier alpha value is -3.53. The molecule has 2 aromatic carbocycles. The summed E-state index contributed by atoms with van der Waals surface area (Å²) in [6.45, 7) is 4.63. The second kappa shape index (κ2) is 8.87. The number of non-ortho nitro benzene ring substituents is 1. The Morgan fingerprint density at radius 2 is 1.80 bits per heavy atom. The third-order valence-electron chi connectivity index (χ3n) is 3.98. The number of hydrogen-bond donors (Lipinski definition) is 1. The van der Waals surface area contributed by atoms with Gasteiger partial charge >= 0.3 is 0 Å². The normalized spacial score (nSPS) is 11.3. The number of nitro groups is 1. The van der Waals surface area contributed by atoms with Crippen LogP contribution in [-0.2, 0) is 10.0 Å². The molecule has 0 aliphatic heterocycles. The third kappa shape index (κ3) is 5.29. The van der Waals surface area contributed by atoms with E-state index in [4.69, 9.17) is 4.74 Å². The van der Waals surface area contributed by atoms with Crippen LogP contribution in [0.2, 0.25) is 0 Å². The molecular formula is C20H20N4O5S. The zero-order chi connectivity index (χ0) is 21.7. The van der Waals surface area contributed by atoms with Crippen molar-refractivity contribution in [2.75, 3.05) is 11.3 Å². The van der Waals surface area contributed by atoms with Crippen LogP contribution in [-0.4, -0.2) is 30.1 Å². The summed E-state index contributed by atoms with van der Waals surface area (Å²) in [4.78, 5) is 10.0. The van der Waals surface area contributed by atoms with Crippen molar-refractivity contribution in [3.05, 3.63) is 70.8 Å². The summed E-state index contributed by atoms with van der Waals surface area (Å²) >= 11 is 0. The molecule has 9 nitrogen and oxygen atoms in total. The summed E-state index contributed by atoms with van der Waals surface area (Å²) in [6.07, 6.45) is 0. The molecule has 0 saturated heterocycles. The highest BCUT2D eigenvalue weighted by Crippen LogP contribution is 2.23. The maximum atomic E-state index is 12.5. The lowest BCUT2D eigenvalue weighted by Crippen LogP contribution is -2.13. The Labute approximate surface area is 173 Å². The van der Waals surface area contributed by atoms with Crippen molar-refractivity contribution in [3.63, 3.8) is 0 Å². The lowest BCUT2D eigenvalue weighted by atomic mass is 10.1. The standard InChI is InChI=1S/C20H20N4O5S/c1-14(2)13-29-20-11-10-19(21-22-20)15-6-8-16(9-7-15)23-30(27,28)18-5-3-4-17(12-18)24(25)26/h3-12,14,23H,13H2,1-2H3. The van der Waals surface area contributed by atoms with E-state index in [-0.39, 0.29) is 10.6 Å². The molecule has 30 heavy (non-hydrogen) atoms. The van der Waals surface area contributed by atoms with Gasteiger partial charge in [0.05, 0.1) is 22.1 Å². The maximum absolute atomic E-state index is 12.5. The van der Waals surface area contributed by atoms with E-state index in [1.54, 1.807) is 36.4 Å². The van der Waals surface area contributed by atoms with Gasteiger partial charge in [0.1, 0.15) is 0 Å². The van der Waals surface area contributed by atoms with E-state index in [2.05, 4.69) is 14.9 Å². The average Bonchev–Trinajstić information content (AvgIpc) is 2.73. The van der Waals surface area contributed by atoms with E-state index in [0.29, 0.717) is 29.8 Å². The first kappa shape index (κ1) is 21.2. The van der Waals surface area contributed by atoms with Crippen molar-refractivity contribution in [1.29, 1.82) is 0 Å². The molecule has 0 spiro atoms. The van der Waals surface area contributed by atoms with Gasteiger partial charge in [0.25, 0.3) is 15.7 Å². The van der Waals surface area contributed by atoms with Crippen molar-refractivity contribution >= 4 is 21.4 Å². The maximum Gasteiger partial charge on any atom is 0.270 e. The molecule has 0 unspecified atom stereocenters. The third-order valence-corrected chi connectivity index (χ3v) is 5.36. The first-order valence-corrected chi connectivity index (χ1v) is 10.6. The predicted molar refractivity (Wildman–Crippen MR) is 112 cm³/mol. The van der Waals surface area contributed by atoms with Gasteiger partial charge in [-0.2, -0.15) is 0 Å². The highest BCUT2D eigenvalue weighted by atomic mass is 32.2. The minimum absolute atomic E-state index is 0.191. The lowest BCUT2D eigenvalue weighted by molar-refractivity contribution is -0.385. The van der Waals surface area contributed by atoms with Gasteiger partial charge in [-0.15, -0.1) is 10.2 Å². The summed E-state index contributed by atoms with van der Waals surface area (Å²) < 4.78 is 32.9. The molecule has 156 valence electrons. The molecule has 0 amide bonds. The first-order valence-electron chi connectivity index (χ1n) is 9.09. The SMILES string of the molecule is CC(C)COc1ccc(-c2ccc(NS(=O)(=O)c3cccc([N+](=O)[O-])c3)cc2)nn1. The zero-order valence-corrected chi connectivity index (χ0v) is 17.2. The van der Waals surface area contributed by atoms with Gasteiger partial charge in [0.15, 0.2) is 0 Å². The highest BCUT2D eigenvalue weighted by Gasteiger charge is 2.17. The molecule has 0 atom stereocenters. The number of anilines is 1. The number of aromatic nitrogens is 2. The number of nitrogens with one attached hydrogen (secondary N) is 1. The van der Waals surface area contributed by atoms with Crippen molar-refractivity contribution < 1.29 is 18.1 Å². The molecule has 1 N–H and O–H groups in total. The van der Waals surface area contributed by atoms with Gasteiger partial charge in [-0.1, -0.05) is 32.0 Å². The van der Waals surface area contributed by atoms with Crippen LogP contribution in [0.1, 0.15) is 13.8 Å². The molecule has 0 fully saturated rings. The van der Waals surface area contributed by atoms with Crippen molar-refractivity contribution in [2.45, 2.75) is 18.7 Å². The van der Waals surface area contributed by atoms with Crippen LogP contribution in [0.15, 0.2) is 65.6 Å². The van der Waals surface area contributed by atoms with Gasteiger partial charge in [-0.25, -0.2) is 8.42 Å². The Bertz CT molecular complexity index is 1130. The average molecular weight is 428 g/mol. The van der Waals surface area contributed by atoms with Crippen LogP contribution in [0.25, 0.3) is 11.3 Å². The Morgan fingerprint density at radius 1 is 1.07 bits per heavy atom. The molecule has 10 heteroatoms. The number of rotatable bonds is 8. The topological polar surface area (TPSA) is 124 Å². The van der Waals surface area contributed by atoms with Crippen molar-refractivity contribution in [3.8, 4) is 17.1 Å². The fraction of sp³-hybridized carbons (Fsp3) is 0.200. The molecule has 0 radical (unpaired) electrons. The molecular weight excluding hydrogens is 408 g/mol. The number of hydrogen-bond acceptors (Lipinski definition) is 7. The molecule has 1 heterocycles. The molecule has 3 aromatic rings. The monoisotopic (exact) mass is 428 g/mol. The van der Waals surface area contributed by atoms with Gasteiger partial charge in [-0.3, -0.25) is 14.8 Å². The van der Waals surface area contributed by atoms with Crippen molar-refractivity contribution in [2.24, 2.45) is 5.92 Å². The molecule has 0 saturated carbocycles. The number of benzene rings is 2. The first-order chi connectivity index (χ1) is 14.2. The number of ether oxygens (including phenoxy) is 1. The number of sulfonamides is 1. The zero-order valence-electron chi connectivity index (χ0n) is 16.3. The van der Waals surface area contributed by atoms with Crippen LogP contribution in [0.4, 0.5) is 11.4 Å². The fourth-order valence-corrected chi connectivity index (χ4v) is 3.59. The van der Waals surface area contributed by atoms with Crippen LogP contribution >= 0.6 is 0 Å². The second-order valence-electron chi connectivity index (χ2n) is 6.90. The number of nitrogens with zero attached hydrogens (tertiary/aromatic N) is 3. The molecule has 3 rings (SSSR count). The summed E-state index contributed by atoms with van der Waals surface area (Å²) in [5, 5.41) is 19.0. The smallest absolute Gasteiger partial charge is 0.270 e. The molecule has 0 aliphatic carbocycles. The second-order valence-corrected chi connectivity index (χ2v) is 8.58. The van der Waals surface area contributed by atoms with Crippen LogP contribution < -0.4 is 9.46 Å². The van der Waals surface area contributed by atoms with Crippen molar-refractivity contribution in [1.82, 2.24) is 10.2 Å². The Morgan fingerprint density at radius 3 is 2.40 bits per heavy atom. The molecule has 1 aromatic heterocycles. The van der Waals surface area contributed by atoms with Crippen LogP contribution in [0.5, 0.6) is 5.88 Å². The quantitative estimate of drug-likeness (QED) is 0.426. The van der Waals surface area contributed by atoms with Gasteiger partial charge < -0.3 is 4.74 Å². The summed E-state index contributed by atoms with van der Waals surface area (Å²) in [6, 6.07) is 14.9. The minimum Gasteiger partial charge on any atom is -0.476 e. The Kier molecular flexibility index (Phi) is 6.26. The summed E-state index contributed by atoms with van der Waals surface area (Å²) in [5.41, 5.74) is 1.37. The van der Waals surface area contributed by atoms with E-state index in [9.17, 15) is 18.5 Å². The van der Waals surface area contributed by atoms with E-state index >= 15 is 0 Å². The van der Waals surface area contributed by atoms with Gasteiger partial charge in [0.2, 0.25) is 5.88 Å². The van der Waals surface area contributed by atoms with E-state index in [0.717, 1.165) is 11.6 Å². The largest absolute Gasteiger partial charge is 0.476 e. The van der Waals surface area contributed by atoms with E-state index < -0.39 is 14.9 Å². The predicted octanol–water partition coefficient (Wildman–Crippen LogP) is 3.89. The van der Waals surface area contributed by atoms with E-state index in [1.807, 2.05) is 13.8 Å². The van der Waals surface area contributed by atoms with Gasteiger partial charge in [-0.05, 0) is 30.2 Å². The summed E-state index contributed by atoms with van der Waals surface area (Å²) in [5.74, 6) is 0.818. The number of nitro benzene ring substituents is 1. The molecule has 0 bridgehead atoms. The molecule has 0 aliphatic rings. The van der Waals surface area contributed by atoms with Crippen LogP contribution in [0, 0.1) is 16.0 Å². The van der Waals surface area contributed by atoms with Gasteiger partial charge in [0, 0.05) is 29.4 Å². The van der Waals surface area contributed by atoms with E-state index in [1.165, 1.54) is 18.2 Å². The fourth-order valence-electron chi connectivity index (χ4n) is 2.49. The lowest BCUT2D eigenvalue weighted by Gasteiger charge is -2.09.